The van der Waals surface area contributed by atoms with E-state index < -0.39 is 34.2 Å². The van der Waals surface area contributed by atoms with E-state index in [2.05, 4.69) is 4.74 Å². The number of carbonyl (C=O) groups excluding carboxylic acids is 2. The van der Waals surface area contributed by atoms with Crippen molar-refractivity contribution in [3.63, 3.8) is 0 Å². The van der Waals surface area contributed by atoms with E-state index in [0.29, 0.717) is 12.1 Å². The molecule has 0 aliphatic carbocycles. The van der Waals surface area contributed by atoms with Gasteiger partial charge in [0, 0.05) is 29.6 Å². The minimum absolute atomic E-state index is 0.379. The van der Waals surface area contributed by atoms with Crippen LogP contribution in [0.25, 0.3) is 0 Å². The Kier molecular flexibility index (Phi) is 5.39. The highest BCUT2D eigenvalue weighted by Crippen LogP contribution is 2.17. The number of aryl methyl sites for hydroxylation is 1. The van der Waals surface area contributed by atoms with E-state index in [1.807, 2.05) is 18.4 Å². The normalized spacial score (nSPS) is 10.6. The van der Waals surface area contributed by atoms with Gasteiger partial charge < -0.3 is 13.9 Å². The second-order valence-electron chi connectivity index (χ2n) is 5.75. The lowest BCUT2D eigenvalue weighted by Crippen LogP contribution is -2.29. The van der Waals surface area contributed by atoms with E-state index in [0.717, 1.165) is 35.3 Å². The first-order valence-electron chi connectivity index (χ1n) is 7.88. The molecule has 2 aromatic heterocycles. The summed E-state index contributed by atoms with van der Waals surface area (Å²) in [6.45, 7) is 5.87. The number of rotatable bonds is 6. The second kappa shape index (κ2) is 7.34. The Labute approximate surface area is 149 Å². The largest absolute Gasteiger partial charge is 0.465 e. The van der Waals surface area contributed by atoms with Crippen LogP contribution in [-0.4, -0.2) is 32.9 Å². The molecule has 0 radical (unpaired) electrons. The van der Waals surface area contributed by atoms with Crippen molar-refractivity contribution in [3.8, 4) is 0 Å². The molecular weight excluding hydrogens is 342 g/mol. The molecule has 26 heavy (non-hydrogen) atoms. The average Bonchev–Trinajstić information content (AvgIpc) is 2.89. The second-order valence-corrected chi connectivity index (χ2v) is 5.75. The van der Waals surface area contributed by atoms with E-state index in [1.165, 1.54) is 0 Å². The minimum atomic E-state index is -0.996. The van der Waals surface area contributed by atoms with Crippen LogP contribution in [0.2, 0.25) is 0 Å². The first-order chi connectivity index (χ1) is 12.2. The van der Waals surface area contributed by atoms with Gasteiger partial charge in [0.1, 0.15) is 5.56 Å². The van der Waals surface area contributed by atoms with Crippen LogP contribution in [0.5, 0.6) is 0 Å². The monoisotopic (exact) mass is 361 g/mol. The molecule has 0 unspecified atom stereocenters. The zero-order valence-corrected chi connectivity index (χ0v) is 14.9. The fourth-order valence-corrected chi connectivity index (χ4v) is 2.90. The summed E-state index contributed by atoms with van der Waals surface area (Å²) in [4.78, 5) is 47.1. The van der Waals surface area contributed by atoms with Gasteiger partial charge in [0.15, 0.2) is 5.78 Å². The molecule has 0 aromatic carbocycles. The van der Waals surface area contributed by atoms with Crippen molar-refractivity contribution < 1.29 is 19.2 Å². The fraction of sp³-hybridized carbons (Fsp3) is 0.353. The molecule has 0 atom stereocenters. The van der Waals surface area contributed by atoms with Crippen molar-refractivity contribution in [1.29, 1.82) is 0 Å². The topological polar surface area (TPSA) is 113 Å². The predicted octanol–water partition coefficient (Wildman–Crippen LogP) is 1.86. The Morgan fingerprint density at radius 2 is 1.88 bits per heavy atom. The first-order valence-corrected chi connectivity index (χ1v) is 7.88. The van der Waals surface area contributed by atoms with E-state index >= 15 is 0 Å². The van der Waals surface area contributed by atoms with Gasteiger partial charge in [0.05, 0.1) is 24.8 Å². The standard InChI is InChI=1S/C17H19N3O6/c1-5-19-10(2)6-13(11(19)3)15(21)9-18-8-12(20(24)25)7-14(16(18)22)17(23)26-4/h6-8H,5,9H2,1-4H3. The molecule has 0 aliphatic rings. The lowest BCUT2D eigenvalue weighted by molar-refractivity contribution is -0.385. The molecule has 138 valence electrons. The van der Waals surface area contributed by atoms with Crippen molar-refractivity contribution >= 4 is 17.4 Å². The summed E-state index contributed by atoms with van der Waals surface area (Å²) >= 11 is 0. The van der Waals surface area contributed by atoms with Crippen LogP contribution in [-0.2, 0) is 17.8 Å². The first kappa shape index (κ1) is 19.1. The number of methoxy groups -OCH3 is 1. The van der Waals surface area contributed by atoms with Crippen molar-refractivity contribution in [1.82, 2.24) is 9.13 Å². The number of ether oxygens (including phenoxy) is 1. The molecule has 0 aliphatic heterocycles. The number of ketones is 1. The third-order valence-corrected chi connectivity index (χ3v) is 4.19. The summed E-state index contributed by atoms with van der Waals surface area (Å²) in [5.74, 6) is -1.37. The molecule has 2 rings (SSSR count). The molecule has 2 aromatic rings. The van der Waals surface area contributed by atoms with Gasteiger partial charge in [-0.15, -0.1) is 0 Å². The summed E-state index contributed by atoms with van der Waals surface area (Å²) in [6.07, 6.45) is 0.950. The van der Waals surface area contributed by atoms with Gasteiger partial charge in [-0.3, -0.25) is 19.7 Å². The molecule has 9 heteroatoms. The van der Waals surface area contributed by atoms with Crippen molar-refractivity contribution in [2.45, 2.75) is 33.9 Å². The highest BCUT2D eigenvalue weighted by atomic mass is 16.6. The highest BCUT2D eigenvalue weighted by molar-refractivity contribution is 5.97. The zero-order valence-electron chi connectivity index (χ0n) is 14.9. The Bertz CT molecular complexity index is 954. The van der Waals surface area contributed by atoms with Gasteiger partial charge >= 0.3 is 5.97 Å². The summed E-state index contributed by atoms with van der Waals surface area (Å²) in [5, 5.41) is 11.1. The Morgan fingerprint density at radius 3 is 2.38 bits per heavy atom. The lowest BCUT2D eigenvalue weighted by Gasteiger charge is -2.08. The van der Waals surface area contributed by atoms with Crippen molar-refractivity contribution in [2.24, 2.45) is 0 Å². The number of esters is 1. The number of nitro groups is 1. The Morgan fingerprint density at radius 1 is 1.23 bits per heavy atom. The molecule has 0 bridgehead atoms. The van der Waals surface area contributed by atoms with Gasteiger partial charge in [-0.1, -0.05) is 0 Å². The number of pyridine rings is 1. The van der Waals surface area contributed by atoms with Crippen LogP contribution in [0.4, 0.5) is 5.69 Å². The van der Waals surface area contributed by atoms with Crippen molar-refractivity contribution in [3.05, 3.63) is 61.3 Å². The number of aromatic nitrogens is 2. The quantitative estimate of drug-likeness (QED) is 0.336. The third kappa shape index (κ3) is 3.41. The fourth-order valence-electron chi connectivity index (χ4n) is 2.90. The molecular formula is C17H19N3O6. The summed E-state index contributed by atoms with van der Waals surface area (Å²) < 4.78 is 7.30. The predicted molar refractivity (Wildman–Crippen MR) is 92.6 cm³/mol. The summed E-state index contributed by atoms with van der Waals surface area (Å²) in [5.41, 5.74) is 0.296. The van der Waals surface area contributed by atoms with Crippen LogP contribution < -0.4 is 5.56 Å². The number of hydrogen-bond acceptors (Lipinski definition) is 6. The highest BCUT2D eigenvalue weighted by Gasteiger charge is 2.22. The van der Waals surface area contributed by atoms with Crippen LogP contribution in [0.1, 0.15) is 39.0 Å². The van der Waals surface area contributed by atoms with Gasteiger partial charge in [-0.2, -0.15) is 0 Å². The van der Waals surface area contributed by atoms with Gasteiger partial charge in [-0.25, -0.2) is 4.79 Å². The van der Waals surface area contributed by atoms with E-state index in [-0.39, 0.29) is 5.78 Å². The van der Waals surface area contributed by atoms with Crippen LogP contribution in [0.3, 0.4) is 0 Å². The number of Topliss-reactive ketones (excluding diaryl/α,β-unsaturated/α-hetero) is 1. The number of nitrogens with zero attached hydrogens (tertiary/aromatic N) is 3. The molecule has 0 fully saturated rings. The molecule has 0 saturated heterocycles. The number of carbonyl (C=O) groups is 2. The molecule has 0 N–H and O–H groups in total. The minimum Gasteiger partial charge on any atom is -0.465 e. The maximum Gasteiger partial charge on any atom is 0.343 e. The van der Waals surface area contributed by atoms with E-state index in [9.17, 15) is 24.5 Å². The SMILES string of the molecule is CCn1c(C)cc(C(=O)Cn2cc([N+](=O)[O-])cc(C(=O)OC)c2=O)c1C. The number of hydrogen-bond donors (Lipinski definition) is 0. The van der Waals surface area contributed by atoms with Crippen LogP contribution in [0, 0.1) is 24.0 Å². The summed E-state index contributed by atoms with van der Waals surface area (Å²) in [7, 11) is 1.07. The van der Waals surface area contributed by atoms with Gasteiger partial charge in [0.2, 0.25) is 0 Å². The molecule has 0 spiro atoms. The third-order valence-electron chi connectivity index (χ3n) is 4.19. The van der Waals surface area contributed by atoms with Gasteiger partial charge in [0.25, 0.3) is 11.2 Å². The lowest BCUT2D eigenvalue weighted by atomic mass is 10.1. The van der Waals surface area contributed by atoms with E-state index in [4.69, 9.17) is 0 Å². The Balaban J connectivity index is 2.50. The molecule has 2 heterocycles. The molecule has 0 amide bonds. The van der Waals surface area contributed by atoms with Gasteiger partial charge in [-0.05, 0) is 26.8 Å². The zero-order chi connectivity index (χ0) is 19.6. The molecule has 9 nitrogen and oxygen atoms in total. The smallest absolute Gasteiger partial charge is 0.343 e. The summed E-state index contributed by atoms with van der Waals surface area (Å²) in [6, 6.07) is 2.56. The van der Waals surface area contributed by atoms with Crippen LogP contribution >= 0.6 is 0 Å². The maximum absolute atomic E-state index is 12.6. The Hall–Kier alpha value is -3.23. The van der Waals surface area contributed by atoms with Crippen LogP contribution in [0.15, 0.2) is 23.1 Å². The van der Waals surface area contributed by atoms with Crippen molar-refractivity contribution in [2.75, 3.05) is 7.11 Å². The molecule has 0 saturated carbocycles. The van der Waals surface area contributed by atoms with E-state index in [1.54, 1.807) is 13.0 Å². The maximum atomic E-state index is 12.6. The average molecular weight is 361 g/mol.